The molecule has 0 heterocycles. The molecule has 1 unspecified atom stereocenters. The third kappa shape index (κ3) is 5.46. The lowest BCUT2D eigenvalue weighted by molar-refractivity contribution is -0.255. The van der Waals surface area contributed by atoms with E-state index >= 15 is 0 Å². The van der Waals surface area contributed by atoms with E-state index < -0.39 is 27.1 Å². The first-order valence-electron chi connectivity index (χ1n) is 6.73. The van der Waals surface area contributed by atoms with Crippen LogP contribution in [0.1, 0.15) is 11.7 Å². The second-order valence-corrected chi connectivity index (χ2v) is 9.52. The van der Waals surface area contributed by atoms with Crippen molar-refractivity contribution in [2.45, 2.75) is 14.8 Å². The minimum atomic E-state index is -1.80. The SMILES string of the molecule is C[S+](/N=C(\[O-])O[C@@H](c1ccccc1)C(Cl)(Cl)Cl)c1ccccc1Br. The average molecular weight is 470 g/mol. The van der Waals surface area contributed by atoms with Gasteiger partial charge >= 0.3 is 0 Å². The molecule has 0 aromatic heterocycles. The molecule has 2 aromatic rings. The van der Waals surface area contributed by atoms with Gasteiger partial charge in [-0.3, -0.25) is 0 Å². The molecule has 0 spiro atoms. The molecule has 0 saturated heterocycles. The van der Waals surface area contributed by atoms with E-state index in [9.17, 15) is 5.11 Å². The Morgan fingerprint density at radius 1 is 1.12 bits per heavy atom. The van der Waals surface area contributed by atoms with Crippen LogP contribution in [0.3, 0.4) is 0 Å². The highest BCUT2D eigenvalue weighted by molar-refractivity contribution is 9.10. The molecule has 2 rings (SSSR count). The molecular weight excluding hydrogens is 457 g/mol. The van der Waals surface area contributed by atoms with E-state index in [1.807, 2.05) is 36.6 Å². The number of hydrogen-bond acceptors (Lipinski definition) is 3. The maximum absolute atomic E-state index is 12.2. The third-order valence-corrected chi connectivity index (χ3v) is 5.95. The Kier molecular flexibility index (Phi) is 7.13. The molecule has 3 nitrogen and oxygen atoms in total. The van der Waals surface area contributed by atoms with Gasteiger partial charge < -0.3 is 9.84 Å². The standard InChI is InChI=1S/C16H13BrCl3NO2S/c1-24(13-10-6-5-9-12(13)17)21-15(22)23-14(16(18,19)20)11-7-3-2-4-8-11/h2-10,14H,1H3/t14-,24?/m0/s1. The van der Waals surface area contributed by atoms with Crippen LogP contribution in [0.15, 0.2) is 68.4 Å². The van der Waals surface area contributed by atoms with Crippen LogP contribution in [0.2, 0.25) is 0 Å². The van der Waals surface area contributed by atoms with Gasteiger partial charge in [-0.1, -0.05) is 77.3 Å². The number of halogens is 4. The van der Waals surface area contributed by atoms with Gasteiger partial charge in [0.25, 0.3) is 0 Å². The molecule has 8 heteroatoms. The summed E-state index contributed by atoms with van der Waals surface area (Å²) in [4.78, 5) is 0.889. The molecule has 0 fully saturated rings. The number of benzene rings is 2. The van der Waals surface area contributed by atoms with E-state index in [1.165, 1.54) is 0 Å². The molecule has 2 aromatic carbocycles. The lowest BCUT2D eigenvalue weighted by Crippen LogP contribution is -2.30. The zero-order chi connectivity index (χ0) is 17.7. The largest absolute Gasteiger partial charge is 0.585 e. The second kappa shape index (κ2) is 8.68. The number of hydrogen-bond donors (Lipinski definition) is 0. The normalized spacial score (nSPS) is 15.0. The first-order chi connectivity index (χ1) is 11.3. The summed E-state index contributed by atoms with van der Waals surface area (Å²) in [5, 5.41) is 12.2. The van der Waals surface area contributed by atoms with Crippen molar-refractivity contribution < 1.29 is 9.84 Å². The number of alkyl halides is 3. The average Bonchev–Trinajstić information content (AvgIpc) is 2.52. The number of ether oxygens (including phenoxy) is 1. The molecule has 0 radical (unpaired) electrons. The quantitative estimate of drug-likeness (QED) is 0.279. The highest BCUT2D eigenvalue weighted by Crippen LogP contribution is 2.42. The Hall–Kier alpha value is -0.590. The summed E-state index contributed by atoms with van der Waals surface area (Å²) in [6.45, 7) is 0. The minimum Gasteiger partial charge on any atom is -0.585 e. The summed E-state index contributed by atoms with van der Waals surface area (Å²) in [6, 6.07) is 16.3. The van der Waals surface area contributed by atoms with Crippen LogP contribution in [-0.2, 0) is 15.8 Å². The Labute approximate surface area is 167 Å². The van der Waals surface area contributed by atoms with Gasteiger partial charge in [-0.2, -0.15) is 0 Å². The van der Waals surface area contributed by atoms with Gasteiger partial charge in [0, 0.05) is 0 Å². The molecule has 0 aliphatic heterocycles. The molecule has 0 aliphatic carbocycles. The first-order valence-corrected chi connectivity index (χ1v) is 10.3. The van der Waals surface area contributed by atoms with Gasteiger partial charge in [-0.05, 0) is 38.0 Å². The van der Waals surface area contributed by atoms with Crippen molar-refractivity contribution in [3.8, 4) is 0 Å². The third-order valence-electron chi connectivity index (χ3n) is 2.98. The fourth-order valence-corrected chi connectivity index (χ4v) is 4.41. The van der Waals surface area contributed by atoms with Crippen LogP contribution in [0.5, 0.6) is 0 Å². The first kappa shape index (κ1) is 19.7. The van der Waals surface area contributed by atoms with E-state index in [-0.39, 0.29) is 0 Å². The van der Waals surface area contributed by atoms with E-state index in [0.29, 0.717) is 5.56 Å². The molecule has 2 atom stereocenters. The molecule has 24 heavy (non-hydrogen) atoms. The van der Waals surface area contributed by atoms with E-state index in [1.54, 1.807) is 24.3 Å². The Morgan fingerprint density at radius 2 is 1.71 bits per heavy atom. The Balaban J connectivity index is 2.21. The molecule has 0 aliphatic rings. The molecule has 0 amide bonds. The highest BCUT2D eigenvalue weighted by Gasteiger charge is 2.32. The number of rotatable bonds is 4. The Morgan fingerprint density at radius 3 is 2.29 bits per heavy atom. The lowest BCUT2D eigenvalue weighted by atomic mass is 10.1. The van der Waals surface area contributed by atoms with Crippen molar-refractivity contribution in [3.05, 3.63) is 64.6 Å². The summed E-state index contributed by atoms with van der Waals surface area (Å²) < 4.78 is 8.44. The zero-order valence-corrected chi connectivity index (χ0v) is 17.1. The van der Waals surface area contributed by atoms with Crippen LogP contribution in [0.25, 0.3) is 0 Å². The van der Waals surface area contributed by atoms with Crippen LogP contribution in [0.4, 0.5) is 0 Å². The van der Waals surface area contributed by atoms with Crippen LogP contribution in [-0.4, -0.2) is 16.1 Å². The van der Waals surface area contributed by atoms with Gasteiger partial charge in [-0.25, -0.2) is 0 Å². The summed E-state index contributed by atoms with van der Waals surface area (Å²) in [5.41, 5.74) is 0.581. The van der Waals surface area contributed by atoms with Gasteiger partial charge in [0.05, 0.1) is 10.6 Å². The van der Waals surface area contributed by atoms with E-state index in [2.05, 4.69) is 20.3 Å². The zero-order valence-electron chi connectivity index (χ0n) is 12.5. The van der Waals surface area contributed by atoms with Crippen molar-refractivity contribution in [2.75, 3.05) is 6.26 Å². The van der Waals surface area contributed by atoms with Crippen LogP contribution < -0.4 is 5.11 Å². The monoisotopic (exact) mass is 467 g/mol. The smallest absolute Gasteiger partial charge is 0.206 e. The topological polar surface area (TPSA) is 44.7 Å². The van der Waals surface area contributed by atoms with Crippen molar-refractivity contribution >= 4 is 67.9 Å². The van der Waals surface area contributed by atoms with E-state index in [4.69, 9.17) is 39.5 Å². The summed E-state index contributed by atoms with van der Waals surface area (Å²) >= 11 is 20.6. The highest BCUT2D eigenvalue weighted by atomic mass is 79.9. The molecule has 0 saturated carbocycles. The summed E-state index contributed by atoms with van der Waals surface area (Å²) in [5.74, 6) is 0. The van der Waals surface area contributed by atoms with Gasteiger partial charge in [0.1, 0.15) is 6.26 Å². The molecule has 0 bridgehead atoms. The fourth-order valence-electron chi connectivity index (χ4n) is 1.92. The van der Waals surface area contributed by atoms with Gasteiger partial charge in [0.2, 0.25) is 9.88 Å². The Bertz CT molecular complexity index is 710. The predicted molar refractivity (Wildman–Crippen MR) is 104 cm³/mol. The van der Waals surface area contributed by atoms with Crippen LogP contribution in [0, 0.1) is 0 Å². The minimum absolute atomic E-state index is 0.581. The van der Waals surface area contributed by atoms with Gasteiger partial charge in [0.15, 0.2) is 16.0 Å². The van der Waals surface area contributed by atoms with Gasteiger partial charge in [-0.15, -0.1) is 0 Å². The van der Waals surface area contributed by atoms with Crippen molar-refractivity contribution in [3.63, 3.8) is 0 Å². The maximum Gasteiger partial charge on any atom is 0.206 e. The van der Waals surface area contributed by atoms with Crippen molar-refractivity contribution in [1.29, 1.82) is 0 Å². The molecule has 0 N–H and O–H groups in total. The lowest BCUT2D eigenvalue weighted by Gasteiger charge is -2.31. The van der Waals surface area contributed by atoms with Crippen molar-refractivity contribution in [1.82, 2.24) is 0 Å². The fraction of sp³-hybridized carbons (Fsp3) is 0.188. The summed E-state index contributed by atoms with van der Waals surface area (Å²) in [7, 11) is 0. The van der Waals surface area contributed by atoms with Crippen molar-refractivity contribution in [2.24, 2.45) is 4.40 Å². The molecule has 128 valence electrons. The second-order valence-electron chi connectivity index (χ2n) is 4.72. The maximum atomic E-state index is 12.2. The predicted octanol–water partition coefficient (Wildman–Crippen LogP) is 4.82. The van der Waals surface area contributed by atoms with Crippen LogP contribution >= 0.6 is 50.7 Å². The summed E-state index contributed by atoms with van der Waals surface area (Å²) in [6.07, 6.45) is -0.0123. The molecular formula is C16H13BrCl3NO2S. The number of nitrogens with zero attached hydrogens (tertiary/aromatic N) is 1. The van der Waals surface area contributed by atoms with E-state index in [0.717, 1.165) is 9.37 Å².